The summed E-state index contributed by atoms with van der Waals surface area (Å²) in [5, 5.41) is 0. The second-order valence-corrected chi connectivity index (χ2v) is 8.41. The van der Waals surface area contributed by atoms with Crippen LogP contribution in [0.15, 0.2) is 12.2 Å². The van der Waals surface area contributed by atoms with E-state index in [0.29, 0.717) is 6.42 Å². The Hall–Kier alpha value is -0.390. The largest absolute Gasteiger partial charge is 0.328 e. The number of unbranched alkanes of at least 4 members (excludes halogenated alkanes) is 6. The number of rotatable bonds is 14. The summed E-state index contributed by atoms with van der Waals surface area (Å²) in [5.74, 6) is -0.132. The molecule has 0 saturated heterocycles. The number of quaternary nitrogens is 1. The first-order valence-electron chi connectivity index (χ1n) is 8.69. The second-order valence-electron chi connectivity index (χ2n) is 6.84. The molecule has 0 aromatic carbocycles. The summed E-state index contributed by atoms with van der Waals surface area (Å²) in [6.07, 6.45) is 15.1. The molecular formula is C17H36NO3S+. The molecule has 0 spiro atoms. The van der Waals surface area contributed by atoms with Crippen LogP contribution in [0.2, 0.25) is 0 Å². The van der Waals surface area contributed by atoms with Crippen LogP contribution in [0.5, 0.6) is 0 Å². The summed E-state index contributed by atoms with van der Waals surface area (Å²) in [7, 11) is 0.413. The van der Waals surface area contributed by atoms with Gasteiger partial charge in [-0.25, -0.2) is 0 Å². The molecule has 0 atom stereocenters. The molecule has 0 rings (SSSR count). The lowest BCUT2D eigenvalue weighted by Gasteiger charge is -2.29. The predicted molar refractivity (Wildman–Crippen MR) is 94.6 cm³/mol. The van der Waals surface area contributed by atoms with Crippen molar-refractivity contribution in [1.29, 1.82) is 0 Å². The summed E-state index contributed by atoms with van der Waals surface area (Å²) >= 11 is 0. The highest BCUT2D eigenvalue weighted by Gasteiger charge is 2.15. The summed E-state index contributed by atoms with van der Waals surface area (Å²) in [4.78, 5) is 0. The van der Waals surface area contributed by atoms with E-state index in [0.717, 1.165) is 30.4 Å². The minimum atomic E-state index is -3.81. The van der Waals surface area contributed by atoms with Crippen LogP contribution in [0.4, 0.5) is 0 Å². The van der Waals surface area contributed by atoms with Gasteiger partial charge in [0, 0.05) is 6.42 Å². The minimum Gasteiger partial charge on any atom is -0.328 e. The van der Waals surface area contributed by atoms with Gasteiger partial charge in [0.1, 0.15) is 0 Å². The van der Waals surface area contributed by atoms with Crippen LogP contribution in [0.25, 0.3) is 0 Å². The normalized spacial score (nSPS) is 13.1. The van der Waals surface area contributed by atoms with E-state index in [2.05, 4.69) is 33.2 Å². The van der Waals surface area contributed by atoms with Gasteiger partial charge in [-0.05, 0) is 25.7 Å². The Labute approximate surface area is 137 Å². The van der Waals surface area contributed by atoms with Crippen molar-refractivity contribution in [3.8, 4) is 0 Å². The first-order valence-corrected chi connectivity index (χ1v) is 10.3. The number of hydrogen-bond acceptors (Lipinski definition) is 2. The molecule has 0 saturated carbocycles. The van der Waals surface area contributed by atoms with Gasteiger partial charge in [0.05, 0.1) is 32.9 Å². The fraction of sp³-hybridized carbons (Fsp3) is 0.882. The highest BCUT2D eigenvalue weighted by atomic mass is 32.2. The van der Waals surface area contributed by atoms with Crippen LogP contribution in [0, 0.1) is 0 Å². The molecule has 132 valence electrons. The maximum Gasteiger partial charge on any atom is 0.265 e. The molecule has 1 N–H and O–H groups in total. The summed E-state index contributed by atoms with van der Waals surface area (Å²) < 4.78 is 30.9. The molecule has 0 fully saturated rings. The van der Waals surface area contributed by atoms with E-state index in [-0.39, 0.29) is 5.75 Å². The van der Waals surface area contributed by atoms with Crippen molar-refractivity contribution in [3.63, 3.8) is 0 Å². The lowest BCUT2D eigenvalue weighted by Crippen LogP contribution is -2.41. The van der Waals surface area contributed by atoms with Crippen molar-refractivity contribution in [3.05, 3.63) is 12.2 Å². The first-order chi connectivity index (χ1) is 10.3. The lowest BCUT2D eigenvalue weighted by molar-refractivity contribution is -0.890. The summed E-state index contributed by atoms with van der Waals surface area (Å²) in [6, 6.07) is 0. The zero-order chi connectivity index (χ0) is 16.9. The third kappa shape index (κ3) is 16.0. The van der Waals surface area contributed by atoms with Gasteiger partial charge in [-0.2, -0.15) is 8.42 Å². The van der Waals surface area contributed by atoms with Gasteiger partial charge in [0.2, 0.25) is 0 Å². The zero-order valence-corrected chi connectivity index (χ0v) is 15.6. The molecule has 4 nitrogen and oxygen atoms in total. The van der Waals surface area contributed by atoms with Crippen LogP contribution in [0.3, 0.4) is 0 Å². The lowest BCUT2D eigenvalue weighted by atomic mass is 10.1. The van der Waals surface area contributed by atoms with Crippen molar-refractivity contribution >= 4 is 10.1 Å². The second kappa shape index (κ2) is 12.1. The molecule has 0 amide bonds. The molecule has 0 aromatic heterocycles. The SMILES string of the molecule is CCCCCCC/C=C\CCC[N+](C)(C)CCCS(=O)(=O)O. The molecule has 0 bridgehead atoms. The van der Waals surface area contributed by atoms with E-state index in [1.54, 1.807) is 0 Å². The van der Waals surface area contributed by atoms with E-state index >= 15 is 0 Å². The van der Waals surface area contributed by atoms with Gasteiger partial charge in [0.25, 0.3) is 10.1 Å². The molecule has 0 unspecified atom stereocenters. The van der Waals surface area contributed by atoms with Crippen molar-refractivity contribution < 1.29 is 17.5 Å². The number of allylic oxidation sites excluding steroid dienone is 2. The van der Waals surface area contributed by atoms with Gasteiger partial charge >= 0.3 is 0 Å². The Morgan fingerprint density at radius 3 is 2.00 bits per heavy atom. The molecule has 0 aromatic rings. The van der Waals surface area contributed by atoms with Crippen LogP contribution in [-0.2, 0) is 10.1 Å². The van der Waals surface area contributed by atoms with E-state index in [1.165, 1.54) is 38.5 Å². The quantitative estimate of drug-likeness (QED) is 0.226. The Morgan fingerprint density at radius 1 is 0.864 bits per heavy atom. The fourth-order valence-electron chi connectivity index (χ4n) is 2.53. The molecule has 0 aliphatic carbocycles. The Kier molecular flexibility index (Phi) is 11.9. The van der Waals surface area contributed by atoms with Crippen molar-refractivity contribution in [2.45, 2.75) is 64.7 Å². The third-order valence-electron chi connectivity index (χ3n) is 3.94. The van der Waals surface area contributed by atoms with E-state index in [4.69, 9.17) is 4.55 Å². The molecule has 0 radical (unpaired) electrons. The maximum absolute atomic E-state index is 10.7. The third-order valence-corrected chi connectivity index (χ3v) is 4.75. The average Bonchev–Trinajstić information content (AvgIpc) is 2.39. The van der Waals surface area contributed by atoms with Crippen LogP contribution in [-0.4, -0.2) is 50.4 Å². The van der Waals surface area contributed by atoms with E-state index in [1.807, 2.05) is 0 Å². The van der Waals surface area contributed by atoms with Gasteiger partial charge in [0.15, 0.2) is 0 Å². The number of nitrogens with zero attached hydrogens (tertiary/aromatic N) is 1. The molecular weight excluding hydrogens is 298 g/mol. The van der Waals surface area contributed by atoms with Gasteiger partial charge in [-0.3, -0.25) is 4.55 Å². The van der Waals surface area contributed by atoms with Crippen molar-refractivity contribution in [1.82, 2.24) is 0 Å². The Bertz CT molecular complexity index is 389. The highest BCUT2D eigenvalue weighted by Crippen LogP contribution is 2.07. The van der Waals surface area contributed by atoms with Gasteiger partial charge in [-0.1, -0.05) is 44.8 Å². The van der Waals surface area contributed by atoms with Crippen molar-refractivity contribution in [2.24, 2.45) is 0 Å². The fourth-order valence-corrected chi connectivity index (χ4v) is 3.02. The van der Waals surface area contributed by atoms with Crippen LogP contribution in [0.1, 0.15) is 64.7 Å². The maximum atomic E-state index is 10.7. The topological polar surface area (TPSA) is 54.4 Å². The summed E-state index contributed by atoms with van der Waals surface area (Å²) in [5.41, 5.74) is 0. The monoisotopic (exact) mass is 334 g/mol. The smallest absolute Gasteiger partial charge is 0.265 e. The standard InChI is InChI=1S/C17H35NO3S/c1-4-5-6-7-8-9-10-11-12-13-15-18(2,3)16-14-17-22(19,20)21/h10-11H,4-9,12-17H2,1-3H3/p+1/b11-10-. The van der Waals surface area contributed by atoms with Gasteiger partial charge < -0.3 is 4.48 Å². The molecule has 22 heavy (non-hydrogen) atoms. The Balaban J connectivity index is 3.59. The zero-order valence-electron chi connectivity index (χ0n) is 14.8. The highest BCUT2D eigenvalue weighted by molar-refractivity contribution is 7.85. The molecule has 5 heteroatoms. The minimum absolute atomic E-state index is 0.132. The molecule has 0 aliphatic heterocycles. The number of hydrogen-bond donors (Lipinski definition) is 1. The Morgan fingerprint density at radius 2 is 1.41 bits per heavy atom. The predicted octanol–water partition coefficient (Wildman–Crippen LogP) is 4.04. The van der Waals surface area contributed by atoms with Crippen molar-refractivity contribution in [2.75, 3.05) is 32.9 Å². The summed E-state index contributed by atoms with van der Waals surface area (Å²) in [6.45, 7) is 4.05. The van der Waals surface area contributed by atoms with Gasteiger partial charge in [-0.15, -0.1) is 0 Å². The average molecular weight is 335 g/mol. The molecule has 0 heterocycles. The van der Waals surface area contributed by atoms with E-state index < -0.39 is 10.1 Å². The molecule has 0 aliphatic rings. The van der Waals surface area contributed by atoms with Crippen LogP contribution < -0.4 is 0 Å². The first kappa shape index (κ1) is 21.6. The van der Waals surface area contributed by atoms with E-state index in [9.17, 15) is 8.42 Å². The van der Waals surface area contributed by atoms with Crippen LogP contribution >= 0.6 is 0 Å².